The number of rotatable bonds is 4. The van der Waals surface area contributed by atoms with Gasteiger partial charge in [0.2, 0.25) is 5.13 Å². The van der Waals surface area contributed by atoms with Gasteiger partial charge in [-0.2, -0.15) is 0 Å². The molecule has 2 heterocycles. The lowest BCUT2D eigenvalue weighted by Crippen LogP contribution is -1.92. The second-order valence-corrected chi connectivity index (χ2v) is 5.01. The predicted molar refractivity (Wildman–Crippen MR) is 61.6 cm³/mol. The van der Waals surface area contributed by atoms with Crippen molar-refractivity contribution < 1.29 is 0 Å². The Morgan fingerprint density at radius 3 is 3.07 bits per heavy atom. The van der Waals surface area contributed by atoms with Gasteiger partial charge in [-0.05, 0) is 5.75 Å². The number of thioether (sulfide) groups is 1. The van der Waals surface area contributed by atoms with Gasteiger partial charge in [0, 0.05) is 12.4 Å². The van der Waals surface area contributed by atoms with E-state index in [1.807, 2.05) is 0 Å². The van der Waals surface area contributed by atoms with Gasteiger partial charge in [-0.25, -0.2) is 4.98 Å². The normalized spacial score (nSPS) is 10.2. The van der Waals surface area contributed by atoms with Gasteiger partial charge in [0.15, 0.2) is 10.2 Å². The van der Waals surface area contributed by atoms with Gasteiger partial charge in [0.25, 0.3) is 0 Å². The second-order valence-electron chi connectivity index (χ2n) is 2.52. The molecule has 1 N–H and O–H groups in total. The molecular formula is C8H9N5S2. The van der Waals surface area contributed by atoms with Crippen molar-refractivity contribution in [2.75, 3.05) is 11.1 Å². The summed E-state index contributed by atoms with van der Waals surface area (Å²) in [5.41, 5.74) is 0. The van der Waals surface area contributed by atoms with E-state index in [1.165, 1.54) is 11.3 Å². The molecule has 0 aliphatic heterocycles. The van der Waals surface area contributed by atoms with Gasteiger partial charge >= 0.3 is 0 Å². The molecule has 0 atom stereocenters. The number of aromatic nitrogens is 4. The van der Waals surface area contributed by atoms with E-state index >= 15 is 0 Å². The topological polar surface area (TPSA) is 63.6 Å². The van der Waals surface area contributed by atoms with E-state index in [1.54, 1.807) is 30.4 Å². The molecule has 0 aliphatic carbocycles. The zero-order valence-corrected chi connectivity index (χ0v) is 9.68. The van der Waals surface area contributed by atoms with Crippen molar-refractivity contribution in [1.29, 1.82) is 0 Å². The monoisotopic (exact) mass is 239 g/mol. The molecule has 0 fully saturated rings. The Labute approximate surface area is 95.4 Å². The third-order valence-electron chi connectivity index (χ3n) is 1.47. The largest absolute Gasteiger partial charge is 0.313 e. The Bertz CT molecular complexity index is 416. The van der Waals surface area contributed by atoms with Crippen LogP contribution in [-0.2, 0) is 0 Å². The third-order valence-corrected chi connectivity index (χ3v) is 3.33. The minimum atomic E-state index is 0.682. The summed E-state index contributed by atoms with van der Waals surface area (Å²) in [5, 5.41) is 11.8. The van der Waals surface area contributed by atoms with E-state index in [9.17, 15) is 0 Å². The molecule has 15 heavy (non-hydrogen) atoms. The highest BCUT2D eigenvalue weighted by molar-refractivity contribution is 8.01. The number of hydrogen-bond donors (Lipinski definition) is 1. The first-order valence-corrected chi connectivity index (χ1v) is 6.18. The molecule has 7 heteroatoms. The van der Waals surface area contributed by atoms with Crippen molar-refractivity contribution in [2.24, 2.45) is 0 Å². The van der Waals surface area contributed by atoms with Gasteiger partial charge in [0.1, 0.15) is 0 Å². The van der Waals surface area contributed by atoms with E-state index in [0.29, 0.717) is 5.82 Å². The highest BCUT2D eigenvalue weighted by atomic mass is 32.2. The summed E-state index contributed by atoms with van der Waals surface area (Å²) in [6.07, 6.45) is 4.91. The highest BCUT2D eigenvalue weighted by Gasteiger charge is 2.04. The van der Waals surface area contributed by atoms with Crippen molar-refractivity contribution in [3.05, 3.63) is 18.6 Å². The molecule has 0 aromatic carbocycles. The van der Waals surface area contributed by atoms with Crippen LogP contribution in [-0.4, -0.2) is 25.9 Å². The molecule has 2 aromatic rings. The zero-order valence-electron chi connectivity index (χ0n) is 8.04. The molecule has 2 rings (SSSR count). The van der Waals surface area contributed by atoms with Crippen LogP contribution in [0.15, 0.2) is 22.9 Å². The van der Waals surface area contributed by atoms with Crippen LogP contribution in [0, 0.1) is 0 Å². The standard InChI is InChI=1S/C8H9N5S2/c1-2-14-8-13-12-7(15-8)11-6-5-9-3-4-10-6/h3-5H,2H2,1H3,(H,10,11,12). The molecule has 0 saturated carbocycles. The maximum Gasteiger partial charge on any atom is 0.212 e. The maximum atomic E-state index is 4.09. The predicted octanol–water partition coefficient (Wildman–Crippen LogP) is 2.18. The molecule has 5 nitrogen and oxygen atoms in total. The Kier molecular flexibility index (Phi) is 3.46. The fourth-order valence-electron chi connectivity index (χ4n) is 0.915. The Hall–Kier alpha value is -1.21. The summed E-state index contributed by atoms with van der Waals surface area (Å²) in [4.78, 5) is 8.04. The smallest absolute Gasteiger partial charge is 0.212 e. The molecule has 0 saturated heterocycles. The fraction of sp³-hybridized carbons (Fsp3) is 0.250. The van der Waals surface area contributed by atoms with Gasteiger partial charge in [-0.1, -0.05) is 30.0 Å². The van der Waals surface area contributed by atoms with Crippen LogP contribution in [0.4, 0.5) is 10.9 Å². The van der Waals surface area contributed by atoms with Gasteiger partial charge in [-0.15, -0.1) is 10.2 Å². The average molecular weight is 239 g/mol. The minimum Gasteiger partial charge on any atom is -0.313 e. The minimum absolute atomic E-state index is 0.682. The number of nitrogens with one attached hydrogen (secondary N) is 1. The van der Waals surface area contributed by atoms with Crippen LogP contribution in [0.2, 0.25) is 0 Å². The number of anilines is 2. The van der Waals surface area contributed by atoms with E-state index in [2.05, 4.69) is 32.4 Å². The molecule has 0 unspecified atom stereocenters. The van der Waals surface area contributed by atoms with E-state index in [4.69, 9.17) is 0 Å². The molecule has 78 valence electrons. The van der Waals surface area contributed by atoms with E-state index in [0.717, 1.165) is 15.2 Å². The molecule has 0 amide bonds. The molecule has 0 spiro atoms. The summed E-state index contributed by atoms with van der Waals surface area (Å²) < 4.78 is 0.962. The van der Waals surface area contributed by atoms with Crippen LogP contribution in [0.1, 0.15) is 6.92 Å². The van der Waals surface area contributed by atoms with Crippen molar-refractivity contribution in [3.8, 4) is 0 Å². The van der Waals surface area contributed by atoms with Crippen molar-refractivity contribution in [3.63, 3.8) is 0 Å². The van der Waals surface area contributed by atoms with Crippen LogP contribution in [0.3, 0.4) is 0 Å². The molecular weight excluding hydrogens is 230 g/mol. The van der Waals surface area contributed by atoms with Crippen LogP contribution >= 0.6 is 23.1 Å². The summed E-state index contributed by atoms with van der Waals surface area (Å²) >= 11 is 3.19. The fourth-order valence-corrected chi connectivity index (χ4v) is 2.57. The molecule has 0 bridgehead atoms. The van der Waals surface area contributed by atoms with Crippen LogP contribution in [0.25, 0.3) is 0 Å². The highest BCUT2D eigenvalue weighted by Crippen LogP contribution is 2.26. The van der Waals surface area contributed by atoms with Crippen LogP contribution < -0.4 is 5.32 Å². The summed E-state index contributed by atoms with van der Waals surface area (Å²) in [7, 11) is 0. The first kappa shape index (κ1) is 10.3. The van der Waals surface area contributed by atoms with E-state index < -0.39 is 0 Å². The molecule has 2 aromatic heterocycles. The lowest BCUT2D eigenvalue weighted by atomic mass is 10.7. The van der Waals surface area contributed by atoms with Crippen molar-refractivity contribution in [2.45, 2.75) is 11.3 Å². The molecule has 0 aliphatic rings. The third kappa shape index (κ3) is 2.87. The first-order chi connectivity index (χ1) is 7.38. The van der Waals surface area contributed by atoms with Gasteiger partial charge in [0.05, 0.1) is 6.20 Å². The summed E-state index contributed by atoms with van der Waals surface area (Å²) in [6.45, 7) is 2.09. The Morgan fingerprint density at radius 2 is 2.33 bits per heavy atom. The maximum absolute atomic E-state index is 4.09. The quantitative estimate of drug-likeness (QED) is 0.825. The van der Waals surface area contributed by atoms with E-state index in [-0.39, 0.29) is 0 Å². The summed E-state index contributed by atoms with van der Waals surface area (Å²) in [6, 6.07) is 0. The van der Waals surface area contributed by atoms with Crippen molar-refractivity contribution >= 4 is 34.0 Å². The molecule has 0 radical (unpaired) electrons. The lowest BCUT2D eigenvalue weighted by Gasteiger charge is -1.97. The SMILES string of the molecule is CCSc1nnc(Nc2cnccn2)s1. The van der Waals surface area contributed by atoms with Gasteiger partial charge in [-0.3, -0.25) is 4.98 Å². The second kappa shape index (κ2) is 5.04. The Morgan fingerprint density at radius 1 is 1.40 bits per heavy atom. The first-order valence-electron chi connectivity index (χ1n) is 4.38. The average Bonchev–Trinajstić information content (AvgIpc) is 2.68. The van der Waals surface area contributed by atoms with Crippen molar-refractivity contribution in [1.82, 2.24) is 20.2 Å². The Balaban J connectivity index is 2.05. The lowest BCUT2D eigenvalue weighted by molar-refractivity contribution is 1.01. The summed E-state index contributed by atoms with van der Waals surface area (Å²) in [5.74, 6) is 1.68. The number of hydrogen-bond acceptors (Lipinski definition) is 7. The zero-order chi connectivity index (χ0) is 10.5. The van der Waals surface area contributed by atoms with Crippen LogP contribution in [0.5, 0.6) is 0 Å². The number of nitrogens with zero attached hydrogens (tertiary/aromatic N) is 4. The van der Waals surface area contributed by atoms with Gasteiger partial charge < -0.3 is 5.32 Å².